The van der Waals surface area contributed by atoms with Gasteiger partial charge in [-0.15, -0.1) is 9.91 Å². The lowest BCUT2D eigenvalue weighted by molar-refractivity contribution is 0.629. The Bertz CT molecular complexity index is 1540. The third-order valence-corrected chi connectivity index (χ3v) is 5.02. The zero-order valence-corrected chi connectivity index (χ0v) is 14.2. The molecule has 0 unspecified atom stereocenters. The van der Waals surface area contributed by atoms with Crippen LogP contribution in [-0.4, -0.2) is 0 Å². The molecule has 0 amide bonds. The minimum absolute atomic E-state index is 0.381. The molecule has 0 N–H and O–H groups in total. The number of hydrogen-bond donors (Lipinski definition) is 0. The van der Waals surface area contributed by atoms with Crippen molar-refractivity contribution >= 4 is 43.1 Å². The lowest BCUT2D eigenvalue weighted by Crippen LogP contribution is -2.00. The predicted octanol–water partition coefficient (Wildman–Crippen LogP) is 4.92. The fraction of sp³-hybridized carbons (Fsp3) is 0. The number of halogens is 2. The SMILES string of the molecule is [C-]#[N+]/N=c1\c2cc(F)ccc2c2cc3c(cc12)/c(=N\[N+]#[C-])c1cc(F)ccc13. The maximum absolute atomic E-state index is 13.8. The molecule has 28 heavy (non-hydrogen) atoms. The van der Waals surface area contributed by atoms with E-state index in [1.54, 1.807) is 18.2 Å². The van der Waals surface area contributed by atoms with Gasteiger partial charge in [-0.2, -0.15) is 13.1 Å². The van der Waals surface area contributed by atoms with Crippen LogP contribution in [0.5, 0.6) is 0 Å². The van der Waals surface area contributed by atoms with Crippen LogP contribution in [-0.2, 0) is 0 Å². The monoisotopic (exact) mass is 366 g/mol. The van der Waals surface area contributed by atoms with E-state index >= 15 is 0 Å². The quantitative estimate of drug-likeness (QED) is 0.275. The van der Waals surface area contributed by atoms with Crippen molar-refractivity contribution < 1.29 is 8.78 Å². The summed E-state index contributed by atoms with van der Waals surface area (Å²) >= 11 is 0. The molecule has 0 aliphatic rings. The molecule has 5 rings (SSSR count). The molecule has 0 aromatic heterocycles. The molecule has 0 bridgehead atoms. The first-order valence-corrected chi connectivity index (χ1v) is 8.30. The van der Waals surface area contributed by atoms with E-state index < -0.39 is 11.6 Å². The number of benzene rings is 3. The zero-order chi connectivity index (χ0) is 19.4. The first kappa shape index (κ1) is 16.0. The van der Waals surface area contributed by atoms with E-state index in [0.29, 0.717) is 32.3 Å². The Morgan fingerprint density at radius 3 is 1.36 bits per heavy atom. The Morgan fingerprint density at radius 2 is 0.929 bits per heavy atom. The summed E-state index contributed by atoms with van der Waals surface area (Å²) in [6, 6.07) is 12.5. The zero-order valence-electron chi connectivity index (χ0n) is 14.2. The Morgan fingerprint density at radius 1 is 0.536 bits per heavy atom. The predicted molar refractivity (Wildman–Crippen MR) is 103 cm³/mol. The van der Waals surface area contributed by atoms with Crippen molar-refractivity contribution in [2.75, 3.05) is 0 Å². The largest absolute Gasteiger partial charge is 0.207 e. The third-order valence-electron chi connectivity index (χ3n) is 5.02. The van der Waals surface area contributed by atoms with Crippen molar-refractivity contribution in [2.45, 2.75) is 0 Å². The van der Waals surface area contributed by atoms with Gasteiger partial charge in [-0.05, 0) is 57.9 Å². The Hall–Kier alpha value is -4.16. The average molecular weight is 366 g/mol. The second-order valence-electron chi connectivity index (χ2n) is 6.42. The van der Waals surface area contributed by atoms with Crippen LogP contribution in [0, 0.1) is 24.8 Å². The topological polar surface area (TPSA) is 33.4 Å². The highest BCUT2D eigenvalue weighted by molar-refractivity contribution is 6.21. The minimum atomic E-state index is -0.409. The van der Waals surface area contributed by atoms with E-state index in [9.17, 15) is 8.78 Å². The van der Waals surface area contributed by atoms with Crippen molar-refractivity contribution in [2.24, 2.45) is 10.2 Å². The minimum Gasteiger partial charge on any atom is -0.207 e. The molecular formula is C22H8F2N4. The summed E-state index contributed by atoms with van der Waals surface area (Å²) in [4.78, 5) is 6.26. The van der Waals surface area contributed by atoms with E-state index in [1.165, 1.54) is 24.3 Å². The highest BCUT2D eigenvalue weighted by atomic mass is 19.1. The number of hydrogen-bond acceptors (Lipinski definition) is 2. The number of fused-ring (bicyclic) bond motifs is 6. The molecule has 0 heterocycles. The van der Waals surface area contributed by atoms with Gasteiger partial charge in [-0.1, -0.05) is 12.1 Å². The molecule has 0 atom stereocenters. The van der Waals surface area contributed by atoms with Gasteiger partial charge in [0.1, 0.15) is 11.6 Å². The molecular weight excluding hydrogens is 358 g/mol. The van der Waals surface area contributed by atoms with E-state index in [0.717, 1.165) is 21.5 Å². The van der Waals surface area contributed by atoms with E-state index in [2.05, 4.69) is 20.1 Å². The van der Waals surface area contributed by atoms with Crippen LogP contribution in [0.15, 0.2) is 58.7 Å². The molecule has 4 nitrogen and oxygen atoms in total. The van der Waals surface area contributed by atoms with Crippen molar-refractivity contribution in [1.29, 1.82) is 0 Å². The molecule has 0 saturated carbocycles. The van der Waals surface area contributed by atoms with Crippen LogP contribution in [0.4, 0.5) is 8.78 Å². The van der Waals surface area contributed by atoms with Gasteiger partial charge in [0, 0.05) is 21.5 Å². The van der Waals surface area contributed by atoms with E-state index in [-0.39, 0.29) is 0 Å². The van der Waals surface area contributed by atoms with Gasteiger partial charge < -0.3 is 0 Å². The fourth-order valence-electron chi connectivity index (χ4n) is 3.94. The number of nitrogens with zero attached hydrogens (tertiary/aromatic N) is 4. The van der Waals surface area contributed by atoms with E-state index in [1.807, 2.05) is 6.07 Å². The molecule has 0 fully saturated rings. The molecule has 130 valence electrons. The van der Waals surface area contributed by atoms with Crippen LogP contribution in [0.25, 0.3) is 53.0 Å². The highest BCUT2D eigenvalue weighted by Crippen LogP contribution is 2.32. The highest BCUT2D eigenvalue weighted by Gasteiger charge is 2.17. The van der Waals surface area contributed by atoms with Gasteiger partial charge in [0.2, 0.25) is 0 Å². The smallest absolute Gasteiger partial charge is 0.161 e. The maximum atomic E-state index is 13.8. The Balaban J connectivity index is 2.12. The standard InChI is InChI=1S/C22H8F2N4/c1-25-27-21-17-7-11(23)3-5-13(17)15-9-16-14-6-4-12(24)8-18(14)22(28-26-2)20(16)10-19(15)21/h3-10H/b27-21-,28-22+. The first-order valence-electron chi connectivity index (χ1n) is 8.30. The molecule has 5 aromatic carbocycles. The summed E-state index contributed by atoms with van der Waals surface area (Å²) in [6.45, 7) is 14.3. The molecule has 5 aromatic rings. The Labute approximate surface area is 156 Å². The third kappa shape index (κ3) is 2.06. The van der Waals surface area contributed by atoms with Gasteiger partial charge in [-0.3, -0.25) is 0 Å². The lowest BCUT2D eigenvalue weighted by atomic mass is 10.1. The van der Waals surface area contributed by atoms with Crippen molar-refractivity contribution in [1.82, 2.24) is 0 Å². The second-order valence-corrected chi connectivity index (χ2v) is 6.42. The summed E-state index contributed by atoms with van der Waals surface area (Å²) in [7, 11) is 0. The second kappa shape index (κ2) is 5.67. The Kier molecular flexibility index (Phi) is 3.25. The first-order chi connectivity index (χ1) is 13.6. The van der Waals surface area contributed by atoms with Crippen LogP contribution in [0.3, 0.4) is 0 Å². The summed E-state index contributed by atoms with van der Waals surface area (Å²) in [5.41, 5.74) is 0. The summed E-state index contributed by atoms with van der Waals surface area (Å²) < 4.78 is 27.6. The molecule has 0 aliphatic heterocycles. The molecule has 0 saturated heterocycles. The van der Waals surface area contributed by atoms with Gasteiger partial charge in [-0.25, -0.2) is 8.78 Å². The van der Waals surface area contributed by atoms with Gasteiger partial charge in [0.25, 0.3) is 0 Å². The summed E-state index contributed by atoms with van der Waals surface area (Å²) in [5.74, 6) is -0.819. The van der Waals surface area contributed by atoms with Crippen molar-refractivity contribution in [3.63, 3.8) is 0 Å². The lowest BCUT2D eigenvalue weighted by Gasteiger charge is -1.96. The van der Waals surface area contributed by atoms with Crippen LogP contribution in [0.1, 0.15) is 0 Å². The van der Waals surface area contributed by atoms with Crippen molar-refractivity contribution in [3.8, 4) is 0 Å². The summed E-state index contributed by atoms with van der Waals surface area (Å²) in [5, 5.41) is 14.2. The maximum Gasteiger partial charge on any atom is 0.161 e. The van der Waals surface area contributed by atoms with Crippen LogP contribution in [0.2, 0.25) is 0 Å². The van der Waals surface area contributed by atoms with Gasteiger partial charge in [0.05, 0.1) is 10.2 Å². The van der Waals surface area contributed by atoms with Crippen LogP contribution < -0.4 is 10.7 Å². The molecule has 0 radical (unpaired) electrons. The number of rotatable bonds is 0. The molecule has 0 spiro atoms. The average Bonchev–Trinajstić information content (AvgIpc) is 3.13. The summed E-state index contributed by atoms with van der Waals surface area (Å²) in [6.07, 6.45) is 0. The normalized spacial score (nSPS) is 13.0. The fourth-order valence-corrected chi connectivity index (χ4v) is 3.94. The van der Waals surface area contributed by atoms with Gasteiger partial charge in [0.15, 0.2) is 10.7 Å². The van der Waals surface area contributed by atoms with Crippen molar-refractivity contribution in [3.05, 3.63) is 93.9 Å². The van der Waals surface area contributed by atoms with Gasteiger partial charge >= 0.3 is 0 Å². The van der Waals surface area contributed by atoms with Crippen LogP contribution >= 0.6 is 0 Å². The molecule has 6 heteroatoms. The molecule has 0 aliphatic carbocycles. The van der Waals surface area contributed by atoms with E-state index in [4.69, 9.17) is 13.1 Å².